The maximum atomic E-state index is 12.6. The summed E-state index contributed by atoms with van der Waals surface area (Å²) in [4.78, 5) is 12.6. The van der Waals surface area contributed by atoms with E-state index in [1.54, 1.807) is 26.5 Å². The molecule has 0 radical (unpaired) electrons. The third kappa shape index (κ3) is 5.33. The number of carbonyl (C=O) groups is 1. The van der Waals surface area contributed by atoms with Crippen molar-refractivity contribution in [2.24, 2.45) is 52.3 Å². The highest BCUT2D eigenvalue weighted by Gasteiger charge is 2.59. The summed E-state index contributed by atoms with van der Waals surface area (Å²) in [6, 6.07) is 0. The highest BCUT2D eigenvalue weighted by atomic mass is 16.6. The number of esters is 1. The molecular formula is C34H58O3. The van der Waals surface area contributed by atoms with E-state index in [9.17, 15) is 4.79 Å². The highest BCUT2D eigenvalue weighted by molar-refractivity contribution is 5.78. The molecule has 0 aromatic carbocycles. The summed E-state index contributed by atoms with van der Waals surface area (Å²) in [7, 11) is 1.59. The first-order valence-electron chi connectivity index (χ1n) is 15.8. The van der Waals surface area contributed by atoms with Crippen LogP contribution in [0.1, 0.15) is 126 Å². The van der Waals surface area contributed by atoms with E-state index >= 15 is 0 Å². The summed E-state index contributed by atoms with van der Waals surface area (Å²) in [5.74, 6) is 5.77. The molecule has 0 aromatic rings. The first kappa shape index (κ1) is 29.2. The Hall–Kier alpha value is -0.830. The summed E-state index contributed by atoms with van der Waals surface area (Å²) >= 11 is 0. The van der Waals surface area contributed by atoms with Gasteiger partial charge in [0.15, 0.2) is 5.60 Å². The molecule has 0 aliphatic heterocycles. The second-order valence-corrected chi connectivity index (χ2v) is 14.9. The van der Waals surface area contributed by atoms with Crippen LogP contribution in [-0.2, 0) is 14.3 Å². The zero-order valence-corrected chi connectivity index (χ0v) is 25.7. The second-order valence-electron chi connectivity index (χ2n) is 14.9. The van der Waals surface area contributed by atoms with Crippen LogP contribution in [0.3, 0.4) is 0 Å². The Morgan fingerprint density at radius 2 is 1.78 bits per heavy atom. The van der Waals surface area contributed by atoms with E-state index in [0.29, 0.717) is 10.8 Å². The lowest BCUT2D eigenvalue weighted by atomic mass is 9.47. The molecule has 37 heavy (non-hydrogen) atoms. The fourth-order valence-electron chi connectivity index (χ4n) is 9.77. The maximum Gasteiger partial charge on any atom is 0.338 e. The normalized spacial score (nSPS) is 39.3. The van der Waals surface area contributed by atoms with Crippen molar-refractivity contribution in [1.29, 1.82) is 0 Å². The number of allylic oxidation sites excluding steroid dienone is 1. The predicted octanol–water partition coefficient (Wildman–Crippen LogP) is 9.00. The van der Waals surface area contributed by atoms with E-state index in [1.165, 1.54) is 51.4 Å². The lowest BCUT2D eigenvalue weighted by Crippen LogP contribution is -2.51. The van der Waals surface area contributed by atoms with E-state index in [4.69, 9.17) is 9.47 Å². The third-order valence-corrected chi connectivity index (χ3v) is 12.6. The molecule has 0 heterocycles. The number of hydrogen-bond donors (Lipinski definition) is 0. The average Bonchev–Trinajstić information content (AvgIpc) is 3.21. The van der Waals surface area contributed by atoms with Crippen LogP contribution in [-0.4, -0.2) is 24.8 Å². The van der Waals surface area contributed by atoms with Crippen LogP contribution in [0.2, 0.25) is 0 Å². The molecule has 0 bridgehead atoms. The fourth-order valence-corrected chi connectivity index (χ4v) is 9.77. The molecule has 0 spiro atoms. The van der Waals surface area contributed by atoms with Crippen molar-refractivity contribution in [3.05, 3.63) is 11.6 Å². The molecule has 3 nitrogen and oxygen atoms in total. The monoisotopic (exact) mass is 514 g/mol. The van der Waals surface area contributed by atoms with Gasteiger partial charge in [-0.25, -0.2) is 4.79 Å². The van der Waals surface area contributed by atoms with Crippen LogP contribution >= 0.6 is 0 Å². The molecule has 3 heteroatoms. The standard InChI is InChI=1S/C34H58O3/c1-10-24(22(2)3)12-11-23(4)28-15-16-29-27-14-13-25-21-26(37-31(35)32(5,6)36-9)17-19-33(25,7)30(27)18-20-34(28,29)8/h13,22-24,26-30H,10-12,14-21H2,1-9H3/t23-,24-,26+,27+,28-,29+,30+,33+,34-/m1/s1. The summed E-state index contributed by atoms with van der Waals surface area (Å²) in [5, 5.41) is 0. The lowest BCUT2D eigenvalue weighted by molar-refractivity contribution is -0.172. The molecule has 0 amide bonds. The van der Waals surface area contributed by atoms with Crippen molar-refractivity contribution in [2.75, 3.05) is 7.11 Å². The third-order valence-electron chi connectivity index (χ3n) is 12.6. The molecule has 4 aliphatic carbocycles. The molecule has 4 aliphatic rings. The number of carbonyl (C=O) groups excluding carboxylic acids is 1. The SMILES string of the molecule is CC[C@H](CC[C@@H](C)[C@H]1CC[C@H]2[C@@H]3CC=C4C[C@@H](OC(=O)C(C)(C)OC)CC[C@]4(C)[C@H]3CC[C@]12C)C(C)C. The van der Waals surface area contributed by atoms with E-state index < -0.39 is 5.60 Å². The van der Waals surface area contributed by atoms with Gasteiger partial charge in [0.2, 0.25) is 0 Å². The molecule has 0 N–H and O–H groups in total. The van der Waals surface area contributed by atoms with Gasteiger partial charge in [0.05, 0.1) is 0 Å². The number of hydrogen-bond acceptors (Lipinski definition) is 3. The topological polar surface area (TPSA) is 35.5 Å². The molecule has 0 aromatic heterocycles. The molecule has 0 unspecified atom stereocenters. The van der Waals surface area contributed by atoms with E-state index in [2.05, 4.69) is 47.6 Å². The van der Waals surface area contributed by atoms with Crippen molar-refractivity contribution in [3.63, 3.8) is 0 Å². The number of methoxy groups -OCH3 is 1. The largest absolute Gasteiger partial charge is 0.460 e. The fraction of sp³-hybridized carbons (Fsp3) is 0.912. The van der Waals surface area contributed by atoms with Crippen LogP contribution < -0.4 is 0 Å². The predicted molar refractivity (Wildman–Crippen MR) is 153 cm³/mol. The van der Waals surface area contributed by atoms with Crippen molar-refractivity contribution in [1.82, 2.24) is 0 Å². The molecule has 9 atom stereocenters. The Morgan fingerprint density at radius 1 is 1.05 bits per heavy atom. The van der Waals surface area contributed by atoms with Crippen LogP contribution in [0.15, 0.2) is 11.6 Å². The molecular weight excluding hydrogens is 456 g/mol. The zero-order chi connectivity index (χ0) is 27.2. The molecule has 3 fully saturated rings. The van der Waals surface area contributed by atoms with E-state index in [1.807, 2.05) is 0 Å². The Kier molecular flexibility index (Phi) is 8.65. The average molecular weight is 515 g/mol. The van der Waals surface area contributed by atoms with Crippen LogP contribution in [0.5, 0.6) is 0 Å². The first-order chi connectivity index (χ1) is 17.4. The van der Waals surface area contributed by atoms with E-state index in [-0.39, 0.29) is 12.1 Å². The van der Waals surface area contributed by atoms with Gasteiger partial charge >= 0.3 is 5.97 Å². The first-order valence-corrected chi connectivity index (χ1v) is 15.8. The molecule has 4 rings (SSSR count). The van der Waals surface area contributed by atoms with E-state index in [0.717, 1.165) is 60.7 Å². The maximum absolute atomic E-state index is 12.6. The summed E-state index contributed by atoms with van der Waals surface area (Å²) < 4.78 is 11.3. The van der Waals surface area contributed by atoms with Gasteiger partial charge in [0.25, 0.3) is 0 Å². The van der Waals surface area contributed by atoms with Gasteiger partial charge in [0.1, 0.15) is 6.10 Å². The van der Waals surface area contributed by atoms with Crippen LogP contribution in [0, 0.1) is 52.3 Å². The molecule has 0 saturated heterocycles. The highest BCUT2D eigenvalue weighted by Crippen LogP contribution is 2.67. The van der Waals surface area contributed by atoms with Crippen molar-refractivity contribution in [3.8, 4) is 0 Å². The summed E-state index contributed by atoms with van der Waals surface area (Å²) in [6.45, 7) is 18.6. The van der Waals surface area contributed by atoms with Gasteiger partial charge in [0, 0.05) is 13.5 Å². The van der Waals surface area contributed by atoms with Crippen LogP contribution in [0.4, 0.5) is 0 Å². The second kappa shape index (κ2) is 11.0. The minimum atomic E-state index is -0.872. The Morgan fingerprint density at radius 3 is 2.43 bits per heavy atom. The smallest absolute Gasteiger partial charge is 0.338 e. The van der Waals surface area contributed by atoms with Crippen LogP contribution in [0.25, 0.3) is 0 Å². The summed E-state index contributed by atoms with van der Waals surface area (Å²) in [5.41, 5.74) is 1.53. The van der Waals surface area contributed by atoms with Gasteiger partial charge in [-0.2, -0.15) is 0 Å². The van der Waals surface area contributed by atoms with Gasteiger partial charge in [-0.05, 0) is 117 Å². The van der Waals surface area contributed by atoms with Gasteiger partial charge in [-0.3, -0.25) is 0 Å². The quantitative estimate of drug-likeness (QED) is 0.227. The van der Waals surface area contributed by atoms with Crippen molar-refractivity contribution >= 4 is 5.97 Å². The number of rotatable bonds is 9. The number of fused-ring (bicyclic) bond motifs is 5. The minimum Gasteiger partial charge on any atom is -0.460 e. The van der Waals surface area contributed by atoms with Gasteiger partial charge < -0.3 is 9.47 Å². The Labute approximate surface area is 228 Å². The van der Waals surface area contributed by atoms with Crippen molar-refractivity contribution < 1.29 is 14.3 Å². The Balaban J connectivity index is 1.43. The lowest BCUT2D eigenvalue weighted by Gasteiger charge is -2.58. The minimum absolute atomic E-state index is 0.00107. The van der Waals surface area contributed by atoms with Gasteiger partial charge in [-0.15, -0.1) is 0 Å². The zero-order valence-electron chi connectivity index (χ0n) is 25.7. The molecule has 212 valence electrons. The van der Waals surface area contributed by atoms with Gasteiger partial charge in [-0.1, -0.05) is 66.0 Å². The number of ether oxygens (including phenoxy) is 2. The summed E-state index contributed by atoms with van der Waals surface area (Å²) in [6.07, 6.45) is 16.8. The Bertz CT molecular complexity index is 842. The molecule has 3 saturated carbocycles. The van der Waals surface area contributed by atoms with Crippen molar-refractivity contribution in [2.45, 2.75) is 138 Å².